The van der Waals surface area contributed by atoms with Crippen molar-refractivity contribution in [2.24, 2.45) is 11.8 Å². The van der Waals surface area contributed by atoms with Crippen molar-refractivity contribution in [2.75, 3.05) is 0 Å². The van der Waals surface area contributed by atoms with Gasteiger partial charge in [-0.1, -0.05) is 50.3 Å². The van der Waals surface area contributed by atoms with Gasteiger partial charge >= 0.3 is 0 Å². The van der Waals surface area contributed by atoms with E-state index in [0.717, 1.165) is 15.8 Å². The van der Waals surface area contributed by atoms with Gasteiger partial charge in [0.05, 0.1) is 0 Å². The maximum atomic E-state index is 2.55. The Hall–Kier alpha value is 0.730. The molecule has 1 atom stereocenters. The zero-order chi connectivity index (χ0) is 7.44. The van der Waals surface area contributed by atoms with E-state index >= 15 is 0 Å². The maximum absolute atomic E-state index is 2.55. The minimum absolute atomic E-state index is 0.841. The van der Waals surface area contributed by atoms with Crippen LogP contribution >= 0.6 is 22.6 Å². The number of rotatable bonds is 3. The summed E-state index contributed by atoms with van der Waals surface area (Å²) < 4.78 is 0.864. The minimum Gasteiger partial charge on any atom is -0.0823 e. The standard InChI is InChI=1S/C8H17I/c1-6(2)5-8(9)7(3)4/h6-8H,5H2,1-4H3. The zero-order valence-corrected chi connectivity index (χ0v) is 8.97. The Kier molecular flexibility index (Phi) is 4.90. The van der Waals surface area contributed by atoms with Gasteiger partial charge in [0.2, 0.25) is 0 Å². The number of hydrogen-bond donors (Lipinski definition) is 0. The van der Waals surface area contributed by atoms with E-state index in [1.165, 1.54) is 6.42 Å². The maximum Gasteiger partial charge on any atom is 0.0135 e. The van der Waals surface area contributed by atoms with Crippen LogP contribution in [0.4, 0.5) is 0 Å². The molecular weight excluding hydrogens is 223 g/mol. The van der Waals surface area contributed by atoms with Crippen molar-refractivity contribution in [2.45, 2.75) is 38.0 Å². The van der Waals surface area contributed by atoms with Gasteiger partial charge in [0.1, 0.15) is 0 Å². The molecule has 56 valence electrons. The van der Waals surface area contributed by atoms with E-state index in [1.54, 1.807) is 0 Å². The zero-order valence-electron chi connectivity index (χ0n) is 6.82. The molecule has 1 unspecified atom stereocenters. The van der Waals surface area contributed by atoms with Crippen LogP contribution in [0.1, 0.15) is 34.1 Å². The lowest BCUT2D eigenvalue weighted by Gasteiger charge is -2.15. The van der Waals surface area contributed by atoms with Crippen LogP contribution in [-0.2, 0) is 0 Å². The second-order valence-electron chi connectivity index (χ2n) is 3.39. The van der Waals surface area contributed by atoms with Crippen LogP contribution in [0, 0.1) is 11.8 Å². The SMILES string of the molecule is CC(C)CC(I)C(C)C. The molecule has 0 N–H and O–H groups in total. The van der Waals surface area contributed by atoms with Gasteiger partial charge < -0.3 is 0 Å². The summed E-state index contributed by atoms with van der Waals surface area (Å²) in [6, 6.07) is 0. The lowest BCUT2D eigenvalue weighted by Crippen LogP contribution is -2.09. The molecule has 0 aromatic carbocycles. The average molecular weight is 240 g/mol. The van der Waals surface area contributed by atoms with Gasteiger partial charge in [-0.25, -0.2) is 0 Å². The van der Waals surface area contributed by atoms with Crippen LogP contribution in [0.2, 0.25) is 0 Å². The molecule has 0 aliphatic carbocycles. The first-order chi connectivity index (χ1) is 4.04. The number of hydrogen-bond acceptors (Lipinski definition) is 0. The average Bonchev–Trinajstić information content (AvgIpc) is 1.63. The monoisotopic (exact) mass is 240 g/mol. The second kappa shape index (κ2) is 4.53. The highest BCUT2D eigenvalue weighted by molar-refractivity contribution is 14.1. The minimum atomic E-state index is 0.841. The Balaban J connectivity index is 3.38. The molecule has 0 nitrogen and oxygen atoms in total. The fraction of sp³-hybridized carbons (Fsp3) is 1.00. The Bertz CT molecular complexity index is 67.0. The summed E-state index contributed by atoms with van der Waals surface area (Å²) in [5.74, 6) is 1.70. The van der Waals surface area contributed by atoms with Gasteiger partial charge in [0.25, 0.3) is 0 Å². The molecule has 1 heteroatoms. The first-order valence-electron chi connectivity index (χ1n) is 3.68. The Morgan fingerprint density at radius 3 is 1.67 bits per heavy atom. The Morgan fingerprint density at radius 1 is 1.11 bits per heavy atom. The van der Waals surface area contributed by atoms with Gasteiger partial charge in [0.15, 0.2) is 0 Å². The molecule has 0 heterocycles. The molecule has 0 aliphatic rings. The topological polar surface area (TPSA) is 0 Å². The largest absolute Gasteiger partial charge is 0.0823 e. The summed E-state index contributed by atoms with van der Waals surface area (Å²) >= 11 is 2.55. The quantitative estimate of drug-likeness (QED) is 0.523. The fourth-order valence-electron chi connectivity index (χ4n) is 0.723. The van der Waals surface area contributed by atoms with Gasteiger partial charge in [-0.05, 0) is 18.3 Å². The first kappa shape index (κ1) is 9.73. The third kappa shape index (κ3) is 5.19. The van der Waals surface area contributed by atoms with E-state index in [9.17, 15) is 0 Å². The van der Waals surface area contributed by atoms with Gasteiger partial charge in [-0.15, -0.1) is 0 Å². The van der Waals surface area contributed by atoms with Crippen molar-refractivity contribution in [1.82, 2.24) is 0 Å². The van der Waals surface area contributed by atoms with Gasteiger partial charge in [-0.2, -0.15) is 0 Å². The summed E-state index contributed by atoms with van der Waals surface area (Å²) in [6.45, 7) is 9.15. The fourth-order valence-corrected chi connectivity index (χ4v) is 1.74. The number of alkyl halides is 1. The number of halogens is 1. The summed E-state index contributed by atoms with van der Waals surface area (Å²) in [5.41, 5.74) is 0. The molecule has 0 bridgehead atoms. The van der Waals surface area contributed by atoms with Crippen LogP contribution in [0.25, 0.3) is 0 Å². The summed E-state index contributed by atoms with van der Waals surface area (Å²) in [7, 11) is 0. The predicted octanol–water partition coefficient (Wildman–Crippen LogP) is 3.49. The van der Waals surface area contributed by atoms with Crippen molar-refractivity contribution in [3.05, 3.63) is 0 Å². The highest BCUT2D eigenvalue weighted by atomic mass is 127. The van der Waals surface area contributed by atoms with Gasteiger partial charge in [-0.3, -0.25) is 0 Å². The third-order valence-corrected chi connectivity index (χ3v) is 3.37. The molecule has 9 heavy (non-hydrogen) atoms. The van der Waals surface area contributed by atoms with Crippen molar-refractivity contribution >= 4 is 22.6 Å². The summed E-state index contributed by atoms with van der Waals surface area (Å²) in [6.07, 6.45) is 1.36. The molecular formula is C8H17I. The lowest BCUT2D eigenvalue weighted by molar-refractivity contribution is 0.504. The van der Waals surface area contributed by atoms with Crippen LogP contribution < -0.4 is 0 Å². The first-order valence-corrected chi connectivity index (χ1v) is 4.92. The van der Waals surface area contributed by atoms with Crippen molar-refractivity contribution in [3.63, 3.8) is 0 Å². The van der Waals surface area contributed by atoms with Crippen molar-refractivity contribution in [3.8, 4) is 0 Å². The van der Waals surface area contributed by atoms with E-state index in [0.29, 0.717) is 0 Å². The second-order valence-corrected chi connectivity index (χ2v) is 4.99. The highest BCUT2D eigenvalue weighted by Crippen LogP contribution is 2.20. The normalized spacial score (nSPS) is 15.0. The highest BCUT2D eigenvalue weighted by Gasteiger charge is 2.09. The molecule has 0 rings (SSSR count). The van der Waals surface area contributed by atoms with Crippen LogP contribution in [0.3, 0.4) is 0 Å². The summed E-state index contributed by atoms with van der Waals surface area (Å²) in [4.78, 5) is 0. The van der Waals surface area contributed by atoms with Crippen LogP contribution in [-0.4, -0.2) is 3.92 Å². The lowest BCUT2D eigenvalue weighted by atomic mass is 10.0. The Labute approximate surface area is 72.6 Å². The molecule has 0 saturated carbocycles. The van der Waals surface area contributed by atoms with Gasteiger partial charge in [0, 0.05) is 3.92 Å². The smallest absolute Gasteiger partial charge is 0.0135 e. The van der Waals surface area contributed by atoms with Crippen molar-refractivity contribution < 1.29 is 0 Å². The molecule has 0 spiro atoms. The van der Waals surface area contributed by atoms with E-state index in [2.05, 4.69) is 50.3 Å². The summed E-state index contributed by atoms with van der Waals surface area (Å²) in [5, 5.41) is 0. The molecule has 0 aromatic rings. The molecule has 0 amide bonds. The molecule has 0 radical (unpaired) electrons. The Morgan fingerprint density at radius 2 is 1.56 bits per heavy atom. The van der Waals surface area contributed by atoms with Crippen LogP contribution in [0.15, 0.2) is 0 Å². The van der Waals surface area contributed by atoms with E-state index < -0.39 is 0 Å². The molecule has 0 saturated heterocycles. The van der Waals surface area contributed by atoms with E-state index in [4.69, 9.17) is 0 Å². The molecule has 0 fully saturated rings. The third-order valence-electron chi connectivity index (χ3n) is 1.42. The molecule has 0 aliphatic heterocycles. The predicted molar refractivity (Wildman–Crippen MR) is 52.1 cm³/mol. The van der Waals surface area contributed by atoms with Crippen LogP contribution in [0.5, 0.6) is 0 Å². The van der Waals surface area contributed by atoms with E-state index in [-0.39, 0.29) is 0 Å². The van der Waals surface area contributed by atoms with Crippen molar-refractivity contribution in [1.29, 1.82) is 0 Å². The van der Waals surface area contributed by atoms with E-state index in [1.807, 2.05) is 0 Å². The molecule has 0 aromatic heterocycles.